The van der Waals surface area contributed by atoms with Gasteiger partial charge in [-0.1, -0.05) is 28.1 Å². The molecule has 0 aliphatic carbocycles. The minimum atomic E-state index is -0.164. The molecule has 0 radical (unpaired) electrons. The van der Waals surface area contributed by atoms with Gasteiger partial charge in [0.2, 0.25) is 0 Å². The minimum Gasteiger partial charge on any atom is -0.445 e. The Morgan fingerprint density at radius 2 is 2.50 bits per heavy atom. The van der Waals surface area contributed by atoms with Gasteiger partial charge >= 0.3 is 6.09 Å². The zero-order valence-electron chi connectivity index (χ0n) is 8.15. The average Bonchev–Trinajstić information content (AvgIpc) is 2.17. The lowest BCUT2D eigenvalue weighted by Crippen LogP contribution is -2.53. The lowest BCUT2D eigenvalue weighted by atomic mass is 9.97. The Balaban J connectivity index is 2.14. The van der Waals surface area contributed by atoms with Crippen LogP contribution in [0.4, 0.5) is 4.79 Å². The highest BCUT2D eigenvalue weighted by molar-refractivity contribution is 9.09. The number of nitrogens with zero attached hydrogens (tertiary/aromatic N) is 1. The zero-order valence-corrected chi connectivity index (χ0v) is 9.74. The van der Waals surface area contributed by atoms with Gasteiger partial charge in [-0.2, -0.15) is 0 Å². The molecular formula is C10H14BrNO2. The van der Waals surface area contributed by atoms with Crippen LogP contribution in [-0.2, 0) is 4.74 Å². The van der Waals surface area contributed by atoms with Gasteiger partial charge in [-0.05, 0) is 13.3 Å². The van der Waals surface area contributed by atoms with Crippen LogP contribution < -0.4 is 0 Å². The lowest BCUT2D eigenvalue weighted by molar-refractivity contribution is -0.00109. The van der Waals surface area contributed by atoms with Crippen LogP contribution in [0.1, 0.15) is 19.8 Å². The van der Waals surface area contributed by atoms with Gasteiger partial charge in [-0.15, -0.1) is 0 Å². The van der Waals surface area contributed by atoms with E-state index in [1.165, 1.54) is 0 Å². The van der Waals surface area contributed by atoms with Crippen molar-refractivity contribution in [3.8, 4) is 0 Å². The standard InChI is InChI=1S/C10H14BrNO2/c1-7-3-2-4-8-5-9(6-11)14-10(13)12(7)8/h2-3,7-9H,4-6H2,1H3/t7-,8+,9+/m0/s1. The van der Waals surface area contributed by atoms with Gasteiger partial charge in [0, 0.05) is 17.8 Å². The second-order valence-electron chi connectivity index (χ2n) is 3.86. The Labute approximate surface area is 92.2 Å². The second-order valence-corrected chi connectivity index (χ2v) is 4.51. The molecule has 4 heteroatoms. The molecule has 1 saturated heterocycles. The molecule has 3 atom stereocenters. The van der Waals surface area contributed by atoms with Crippen LogP contribution in [0.3, 0.4) is 0 Å². The van der Waals surface area contributed by atoms with Crippen LogP contribution >= 0.6 is 15.9 Å². The van der Waals surface area contributed by atoms with E-state index < -0.39 is 0 Å². The predicted octanol–water partition coefficient (Wildman–Crippen LogP) is 2.31. The van der Waals surface area contributed by atoms with Crippen molar-refractivity contribution in [3.05, 3.63) is 12.2 Å². The fourth-order valence-electron chi connectivity index (χ4n) is 2.15. The maximum atomic E-state index is 11.7. The number of hydrogen-bond donors (Lipinski definition) is 0. The van der Waals surface area contributed by atoms with Gasteiger partial charge in [-0.25, -0.2) is 4.79 Å². The maximum Gasteiger partial charge on any atom is 0.410 e. The number of amides is 1. The molecule has 1 amide bonds. The van der Waals surface area contributed by atoms with Crippen LogP contribution in [0.25, 0.3) is 0 Å². The van der Waals surface area contributed by atoms with Gasteiger partial charge < -0.3 is 4.74 Å². The lowest BCUT2D eigenvalue weighted by Gasteiger charge is -2.42. The number of alkyl halides is 1. The Kier molecular flexibility index (Phi) is 2.81. The van der Waals surface area contributed by atoms with E-state index in [9.17, 15) is 4.79 Å². The first kappa shape index (κ1) is 10.0. The molecule has 2 rings (SSSR count). The van der Waals surface area contributed by atoms with Crippen molar-refractivity contribution in [1.82, 2.24) is 4.90 Å². The molecule has 1 fully saturated rings. The summed E-state index contributed by atoms with van der Waals surface area (Å²) in [6, 6.07) is 0.510. The van der Waals surface area contributed by atoms with E-state index in [-0.39, 0.29) is 18.2 Å². The van der Waals surface area contributed by atoms with Crippen molar-refractivity contribution in [2.24, 2.45) is 0 Å². The number of halogens is 1. The molecule has 0 spiro atoms. The highest BCUT2D eigenvalue weighted by Gasteiger charge is 2.37. The monoisotopic (exact) mass is 259 g/mol. The summed E-state index contributed by atoms with van der Waals surface area (Å²) in [4.78, 5) is 13.5. The van der Waals surface area contributed by atoms with Crippen molar-refractivity contribution >= 4 is 22.0 Å². The molecule has 0 aromatic carbocycles. The SMILES string of the molecule is C[C@H]1C=CC[C@@H]2C[C@H](CBr)OC(=O)N21. The van der Waals surface area contributed by atoms with Gasteiger partial charge in [0.1, 0.15) is 6.10 Å². The van der Waals surface area contributed by atoms with Crippen molar-refractivity contribution in [2.45, 2.75) is 38.0 Å². The molecule has 0 bridgehead atoms. The molecule has 2 aliphatic rings. The fraction of sp³-hybridized carbons (Fsp3) is 0.700. The van der Waals surface area contributed by atoms with Gasteiger partial charge in [0.25, 0.3) is 0 Å². The molecule has 0 aromatic heterocycles. The largest absolute Gasteiger partial charge is 0.445 e. The summed E-state index contributed by atoms with van der Waals surface area (Å²) in [5.74, 6) is 0. The van der Waals surface area contributed by atoms with E-state index in [0.29, 0.717) is 6.04 Å². The fourth-order valence-corrected chi connectivity index (χ4v) is 2.54. The molecular weight excluding hydrogens is 246 g/mol. The summed E-state index contributed by atoms with van der Waals surface area (Å²) >= 11 is 3.36. The summed E-state index contributed by atoms with van der Waals surface area (Å²) in [6.45, 7) is 2.03. The Morgan fingerprint density at radius 1 is 1.71 bits per heavy atom. The summed E-state index contributed by atoms with van der Waals surface area (Å²) < 4.78 is 5.28. The zero-order chi connectivity index (χ0) is 10.1. The van der Waals surface area contributed by atoms with E-state index >= 15 is 0 Å². The highest BCUT2D eigenvalue weighted by Crippen LogP contribution is 2.28. The molecule has 2 aliphatic heterocycles. The van der Waals surface area contributed by atoms with Crippen molar-refractivity contribution in [1.29, 1.82) is 0 Å². The molecule has 0 unspecified atom stereocenters. The Morgan fingerprint density at radius 3 is 3.21 bits per heavy atom. The first-order valence-corrected chi connectivity index (χ1v) is 6.06. The highest BCUT2D eigenvalue weighted by atomic mass is 79.9. The third kappa shape index (κ3) is 1.67. The summed E-state index contributed by atoms with van der Waals surface area (Å²) in [7, 11) is 0. The predicted molar refractivity (Wildman–Crippen MR) is 57.5 cm³/mol. The number of cyclic esters (lactones) is 1. The Bertz CT molecular complexity index is 267. The van der Waals surface area contributed by atoms with Crippen molar-refractivity contribution in [2.75, 3.05) is 5.33 Å². The number of hydrogen-bond acceptors (Lipinski definition) is 2. The van der Waals surface area contributed by atoms with Crippen LogP contribution in [0.15, 0.2) is 12.2 Å². The van der Waals surface area contributed by atoms with Crippen LogP contribution in [0, 0.1) is 0 Å². The van der Waals surface area contributed by atoms with Gasteiger partial charge in [0.15, 0.2) is 0 Å². The van der Waals surface area contributed by atoms with Crippen LogP contribution in [0.2, 0.25) is 0 Å². The van der Waals surface area contributed by atoms with E-state index in [2.05, 4.69) is 28.1 Å². The van der Waals surface area contributed by atoms with Gasteiger partial charge in [0.05, 0.1) is 6.04 Å². The quantitative estimate of drug-likeness (QED) is 0.535. The molecule has 14 heavy (non-hydrogen) atoms. The molecule has 0 aromatic rings. The number of carbonyl (C=O) groups excluding carboxylic acids is 1. The van der Waals surface area contributed by atoms with E-state index in [4.69, 9.17) is 4.74 Å². The van der Waals surface area contributed by atoms with E-state index in [1.807, 2.05) is 11.8 Å². The van der Waals surface area contributed by atoms with Crippen molar-refractivity contribution < 1.29 is 9.53 Å². The first-order chi connectivity index (χ1) is 6.72. The third-order valence-electron chi connectivity index (χ3n) is 2.84. The third-order valence-corrected chi connectivity index (χ3v) is 3.56. The minimum absolute atomic E-state index is 0.0439. The van der Waals surface area contributed by atoms with Crippen LogP contribution in [-0.4, -0.2) is 34.5 Å². The normalized spacial score (nSPS) is 36.6. The maximum absolute atomic E-state index is 11.7. The molecule has 3 nitrogen and oxygen atoms in total. The summed E-state index contributed by atoms with van der Waals surface area (Å²) in [5, 5.41) is 0.737. The molecule has 0 N–H and O–H groups in total. The smallest absolute Gasteiger partial charge is 0.410 e. The van der Waals surface area contributed by atoms with Crippen LogP contribution in [0.5, 0.6) is 0 Å². The average molecular weight is 260 g/mol. The first-order valence-electron chi connectivity index (χ1n) is 4.94. The topological polar surface area (TPSA) is 29.5 Å². The number of fused-ring (bicyclic) bond motifs is 1. The number of carbonyl (C=O) groups is 1. The van der Waals surface area contributed by atoms with E-state index in [0.717, 1.165) is 18.2 Å². The van der Waals surface area contributed by atoms with E-state index in [1.54, 1.807) is 0 Å². The molecule has 0 saturated carbocycles. The number of rotatable bonds is 1. The van der Waals surface area contributed by atoms with Gasteiger partial charge in [-0.3, -0.25) is 4.90 Å². The Hall–Kier alpha value is -0.510. The molecule has 78 valence electrons. The second kappa shape index (κ2) is 3.93. The van der Waals surface area contributed by atoms with Crippen molar-refractivity contribution in [3.63, 3.8) is 0 Å². The summed E-state index contributed by atoms with van der Waals surface area (Å²) in [5.41, 5.74) is 0. The molecule has 2 heterocycles. The summed E-state index contributed by atoms with van der Waals surface area (Å²) in [6.07, 6.45) is 6.00. The number of ether oxygens (including phenoxy) is 1.